The molecular formula is C19H17BrF3NO2. The first kappa shape index (κ1) is 18.8. The van der Waals surface area contributed by atoms with Crippen molar-refractivity contribution in [2.45, 2.75) is 37.4 Å². The number of alkyl halides is 4. The van der Waals surface area contributed by atoms with Gasteiger partial charge in [-0.2, -0.15) is 13.2 Å². The zero-order valence-electron chi connectivity index (χ0n) is 14.4. The third-order valence-electron chi connectivity index (χ3n) is 4.10. The highest BCUT2D eigenvalue weighted by Crippen LogP contribution is 2.40. The number of nitrogens with zero attached hydrogens (tertiary/aromatic N) is 1. The minimum atomic E-state index is -4.48. The van der Waals surface area contributed by atoms with E-state index in [1.165, 1.54) is 16.7 Å². The molecule has 3 rings (SSSR count). The number of benzene rings is 1. The third-order valence-corrected chi connectivity index (χ3v) is 4.63. The molecule has 0 fully saturated rings. The molecule has 0 spiro atoms. The van der Waals surface area contributed by atoms with Gasteiger partial charge in [0.2, 0.25) is 0 Å². The first-order valence-electron chi connectivity index (χ1n) is 7.98. The van der Waals surface area contributed by atoms with E-state index in [0.29, 0.717) is 11.4 Å². The Morgan fingerprint density at radius 2 is 1.88 bits per heavy atom. The predicted molar refractivity (Wildman–Crippen MR) is 97.6 cm³/mol. The average Bonchev–Trinajstić information content (AvgIpc) is 2.51. The molecule has 1 unspecified atom stereocenters. The summed E-state index contributed by atoms with van der Waals surface area (Å²) in [6.07, 6.45) is -1.24. The van der Waals surface area contributed by atoms with Crippen LogP contribution in [0.3, 0.4) is 0 Å². The number of halogens is 4. The summed E-state index contributed by atoms with van der Waals surface area (Å²) in [6.45, 7) is 5.46. The summed E-state index contributed by atoms with van der Waals surface area (Å²) in [5.74, 6) is 0.310. The minimum Gasteiger partial charge on any atom is -0.483 e. The molecule has 0 aliphatic carbocycles. The van der Waals surface area contributed by atoms with Crippen molar-refractivity contribution in [3.8, 4) is 5.75 Å². The largest absolute Gasteiger partial charge is 0.483 e. The van der Waals surface area contributed by atoms with E-state index in [0.717, 1.165) is 17.7 Å². The van der Waals surface area contributed by atoms with Gasteiger partial charge in [-0.1, -0.05) is 15.9 Å². The monoisotopic (exact) mass is 427 g/mol. The van der Waals surface area contributed by atoms with Gasteiger partial charge in [0, 0.05) is 22.7 Å². The number of rotatable bonds is 2. The Morgan fingerprint density at radius 3 is 2.46 bits per heavy atom. The number of ether oxygens (including phenoxy) is 1. The topological polar surface area (TPSA) is 31.2 Å². The van der Waals surface area contributed by atoms with E-state index in [1.54, 1.807) is 32.2 Å². The molecule has 1 aromatic heterocycles. The van der Waals surface area contributed by atoms with E-state index >= 15 is 0 Å². The molecule has 7 heteroatoms. The van der Waals surface area contributed by atoms with Crippen LogP contribution in [0.5, 0.6) is 5.75 Å². The first-order valence-corrected chi connectivity index (χ1v) is 8.90. The SMILES string of the molecule is CC(Br)c1ccn(C2=CC(C)(C)Oc3ccc(C(F)(F)F)cc32)c(=O)c1. The molecule has 1 atom stereocenters. The molecular weight excluding hydrogens is 411 g/mol. The van der Waals surface area contributed by atoms with Crippen molar-refractivity contribution in [2.24, 2.45) is 0 Å². The van der Waals surface area contributed by atoms with Crippen molar-refractivity contribution in [3.63, 3.8) is 0 Å². The summed E-state index contributed by atoms with van der Waals surface area (Å²) in [6, 6.07) is 6.53. The Kier molecular flexibility index (Phi) is 4.55. The highest BCUT2D eigenvalue weighted by atomic mass is 79.9. The van der Waals surface area contributed by atoms with Crippen molar-refractivity contribution in [3.05, 3.63) is 69.6 Å². The van der Waals surface area contributed by atoms with Crippen molar-refractivity contribution < 1.29 is 17.9 Å². The molecule has 0 saturated heterocycles. The fraction of sp³-hybridized carbons (Fsp3) is 0.316. The molecule has 3 nitrogen and oxygen atoms in total. The van der Waals surface area contributed by atoms with E-state index in [-0.39, 0.29) is 15.9 Å². The number of aromatic nitrogens is 1. The Morgan fingerprint density at radius 1 is 1.19 bits per heavy atom. The Hall–Kier alpha value is -2.02. The molecule has 2 heterocycles. The number of fused-ring (bicyclic) bond motifs is 1. The van der Waals surface area contributed by atoms with Gasteiger partial charge in [0.25, 0.3) is 5.56 Å². The molecule has 138 valence electrons. The second-order valence-corrected chi connectivity index (χ2v) is 8.10. The normalized spacial score (nSPS) is 17.1. The Balaban J connectivity index is 2.21. The van der Waals surface area contributed by atoms with Crippen LogP contribution < -0.4 is 10.3 Å². The number of hydrogen-bond acceptors (Lipinski definition) is 2. The lowest BCUT2D eigenvalue weighted by atomic mass is 9.97. The molecule has 2 aromatic rings. The van der Waals surface area contributed by atoms with Gasteiger partial charge in [-0.05, 0) is 56.7 Å². The Labute approximate surface area is 157 Å². The van der Waals surface area contributed by atoms with Gasteiger partial charge >= 0.3 is 6.18 Å². The lowest BCUT2D eigenvalue weighted by Gasteiger charge is -2.32. The first-order chi connectivity index (χ1) is 12.0. The van der Waals surface area contributed by atoms with Crippen molar-refractivity contribution in [1.82, 2.24) is 4.57 Å². The van der Waals surface area contributed by atoms with Crippen LogP contribution in [0.4, 0.5) is 13.2 Å². The van der Waals surface area contributed by atoms with Crippen LogP contribution in [0.15, 0.2) is 47.4 Å². The van der Waals surface area contributed by atoms with Gasteiger partial charge in [0.15, 0.2) is 0 Å². The minimum absolute atomic E-state index is 0.00548. The highest BCUT2D eigenvalue weighted by molar-refractivity contribution is 9.09. The summed E-state index contributed by atoms with van der Waals surface area (Å²) >= 11 is 3.40. The zero-order valence-corrected chi connectivity index (χ0v) is 16.0. The Bertz CT molecular complexity index is 943. The van der Waals surface area contributed by atoms with Crippen molar-refractivity contribution >= 4 is 21.6 Å². The summed E-state index contributed by atoms with van der Waals surface area (Å²) < 4.78 is 46.5. The fourth-order valence-corrected chi connectivity index (χ4v) is 3.14. The van der Waals surface area contributed by atoms with Gasteiger partial charge in [-0.3, -0.25) is 9.36 Å². The molecule has 0 saturated carbocycles. The highest BCUT2D eigenvalue weighted by Gasteiger charge is 2.34. The molecule has 1 aliphatic rings. The maximum absolute atomic E-state index is 13.1. The molecule has 1 aliphatic heterocycles. The zero-order chi connectivity index (χ0) is 19.3. The maximum Gasteiger partial charge on any atom is 0.416 e. The fourth-order valence-electron chi connectivity index (χ4n) is 2.86. The summed E-state index contributed by atoms with van der Waals surface area (Å²) in [4.78, 5) is 12.6. The van der Waals surface area contributed by atoms with Crippen LogP contribution in [-0.4, -0.2) is 10.2 Å². The summed E-state index contributed by atoms with van der Waals surface area (Å²) in [5.41, 5.74) is -0.460. The van der Waals surface area contributed by atoms with E-state index in [1.807, 2.05) is 6.92 Å². The van der Waals surface area contributed by atoms with Gasteiger partial charge in [-0.25, -0.2) is 0 Å². The van der Waals surface area contributed by atoms with E-state index in [2.05, 4.69) is 15.9 Å². The molecule has 0 amide bonds. The van der Waals surface area contributed by atoms with Crippen molar-refractivity contribution in [1.29, 1.82) is 0 Å². The van der Waals surface area contributed by atoms with Crippen LogP contribution in [0.25, 0.3) is 5.70 Å². The van der Waals surface area contributed by atoms with Crippen LogP contribution in [0.2, 0.25) is 0 Å². The number of pyridine rings is 1. The van der Waals surface area contributed by atoms with E-state index < -0.39 is 17.3 Å². The smallest absolute Gasteiger partial charge is 0.416 e. The van der Waals surface area contributed by atoms with Gasteiger partial charge < -0.3 is 4.74 Å². The van der Waals surface area contributed by atoms with Gasteiger partial charge in [0.1, 0.15) is 11.4 Å². The molecule has 0 bridgehead atoms. The van der Waals surface area contributed by atoms with Crippen molar-refractivity contribution in [2.75, 3.05) is 0 Å². The predicted octanol–water partition coefficient (Wildman–Crippen LogP) is 5.38. The number of hydrogen-bond donors (Lipinski definition) is 0. The molecule has 1 aromatic carbocycles. The van der Waals surface area contributed by atoms with E-state index in [4.69, 9.17) is 4.74 Å². The molecule has 0 radical (unpaired) electrons. The van der Waals surface area contributed by atoms with Gasteiger partial charge in [-0.15, -0.1) is 0 Å². The lowest BCUT2D eigenvalue weighted by Crippen LogP contribution is -2.32. The van der Waals surface area contributed by atoms with Crippen LogP contribution >= 0.6 is 15.9 Å². The average molecular weight is 428 g/mol. The second-order valence-electron chi connectivity index (χ2n) is 6.73. The summed E-state index contributed by atoms with van der Waals surface area (Å²) in [7, 11) is 0. The standard InChI is InChI=1S/C19H17BrF3NO2/c1-11(20)12-6-7-24(17(25)8-12)15-10-18(2,3)26-16-5-4-13(9-14(15)16)19(21,22)23/h4-11H,1-3H3. The maximum atomic E-state index is 13.1. The molecule has 0 N–H and O–H groups in total. The quantitative estimate of drug-likeness (QED) is 0.602. The van der Waals surface area contributed by atoms with E-state index in [9.17, 15) is 18.0 Å². The second kappa shape index (κ2) is 6.30. The van der Waals surface area contributed by atoms with Crippen LogP contribution in [-0.2, 0) is 6.18 Å². The summed E-state index contributed by atoms with van der Waals surface area (Å²) in [5, 5.41) is 0. The third kappa shape index (κ3) is 3.58. The molecule has 26 heavy (non-hydrogen) atoms. The van der Waals surface area contributed by atoms with Gasteiger partial charge in [0.05, 0.1) is 11.3 Å². The van der Waals surface area contributed by atoms with Crippen LogP contribution in [0.1, 0.15) is 42.3 Å². The van der Waals surface area contributed by atoms with Crippen LogP contribution in [0, 0.1) is 0 Å². The lowest BCUT2D eigenvalue weighted by molar-refractivity contribution is -0.137.